The maximum absolute atomic E-state index is 12.3. The molecule has 0 saturated heterocycles. The van der Waals surface area contributed by atoms with E-state index in [9.17, 15) is 4.79 Å². The minimum atomic E-state index is -0.0181. The van der Waals surface area contributed by atoms with Crippen molar-refractivity contribution in [1.29, 1.82) is 0 Å². The molecule has 0 aliphatic carbocycles. The van der Waals surface area contributed by atoms with Crippen LogP contribution in [0.25, 0.3) is 0 Å². The number of hydrogen-bond donors (Lipinski definition) is 2. The molecule has 1 amide bonds. The van der Waals surface area contributed by atoms with Crippen LogP contribution in [0.3, 0.4) is 0 Å². The second-order valence-corrected chi connectivity index (χ2v) is 5.26. The van der Waals surface area contributed by atoms with Crippen molar-refractivity contribution in [3.63, 3.8) is 0 Å². The summed E-state index contributed by atoms with van der Waals surface area (Å²) in [5, 5.41) is 3.01. The first-order chi connectivity index (χ1) is 10.3. The fourth-order valence-electron chi connectivity index (χ4n) is 2.60. The van der Waals surface area contributed by atoms with Crippen molar-refractivity contribution in [3.05, 3.63) is 48.0 Å². The molecule has 0 fully saturated rings. The lowest BCUT2D eigenvalue weighted by molar-refractivity contribution is -0.125. The minimum absolute atomic E-state index is 0.0181. The first-order valence-corrected chi connectivity index (χ1v) is 7.28. The normalized spacial score (nSPS) is 17.4. The summed E-state index contributed by atoms with van der Waals surface area (Å²) < 4.78 is 5.70. The lowest BCUT2D eigenvalue weighted by Crippen LogP contribution is -2.33. The van der Waals surface area contributed by atoms with Gasteiger partial charge in [0.15, 0.2) is 0 Å². The second-order valence-electron chi connectivity index (χ2n) is 5.26. The predicted molar refractivity (Wildman–Crippen MR) is 79.0 cm³/mol. The molecular weight excluding hydrogens is 266 g/mol. The summed E-state index contributed by atoms with van der Waals surface area (Å²) in [4.78, 5) is 19.3. The number of aromatic amines is 1. The Bertz CT molecular complexity index is 595. The predicted octanol–water partition coefficient (Wildman–Crippen LogP) is 1.71. The summed E-state index contributed by atoms with van der Waals surface area (Å²) in [5.41, 5.74) is 2.15. The number of nitrogens with one attached hydrogen (secondary N) is 2. The molecule has 1 aromatic heterocycles. The smallest absolute Gasteiger partial charge is 0.223 e. The van der Waals surface area contributed by atoms with Crippen LogP contribution in [-0.4, -0.2) is 29.0 Å². The molecule has 0 bridgehead atoms. The number of ether oxygens (including phenoxy) is 1. The van der Waals surface area contributed by atoms with Crippen molar-refractivity contribution in [2.45, 2.75) is 19.3 Å². The van der Waals surface area contributed by atoms with Gasteiger partial charge >= 0.3 is 0 Å². The molecule has 2 aromatic rings. The Hall–Kier alpha value is -2.30. The molecule has 1 unspecified atom stereocenters. The van der Waals surface area contributed by atoms with Crippen LogP contribution in [0.15, 0.2) is 36.8 Å². The van der Waals surface area contributed by atoms with Crippen molar-refractivity contribution in [2.75, 3.05) is 13.2 Å². The van der Waals surface area contributed by atoms with Gasteiger partial charge in [0.2, 0.25) is 5.91 Å². The number of amides is 1. The maximum Gasteiger partial charge on any atom is 0.223 e. The number of imidazole rings is 1. The third-order valence-electron chi connectivity index (χ3n) is 3.78. The molecule has 2 N–H and O–H groups in total. The first-order valence-electron chi connectivity index (χ1n) is 7.28. The number of benzene rings is 1. The molecular formula is C16H19N3O2. The number of fused-ring (bicyclic) bond motifs is 1. The molecule has 0 saturated carbocycles. The number of rotatable bonds is 4. The first kappa shape index (κ1) is 13.7. The third kappa shape index (κ3) is 3.42. The monoisotopic (exact) mass is 285 g/mol. The fraction of sp³-hybridized carbons (Fsp3) is 0.375. The van der Waals surface area contributed by atoms with Gasteiger partial charge in [-0.1, -0.05) is 18.2 Å². The number of hydrogen-bond acceptors (Lipinski definition) is 3. The van der Waals surface area contributed by atoms with Gasteiger partial charge in [-0.25, -0.2) is 4.98 Å². The van der Waals surface area contributed by atoms with Crippen molar-refractivity contribution >= 4 is 5.91 Å². The Kier molecular flexibility index (Phi) is 4.19. The Morgan fingerprint density at radius 2 is 2.33 bits per heavy atom. The number of carbonyl (C=O) groups is 1. The van der Waals surface area contributed by atoms with Gasteiger partial charge < -0.3 is 15.0 Å². The Balaban J connectivity index is 1.55. The molecule has 21 heavy (non-hydrogen) atoms. The van der Waals surface area contributed by atoms with E-state index >= 15 is 0 Å². The molecule has 1 aromatic carbocycles. The molecule has 5 heteroatoms. The SMILES string of the molecule is O=C(NCCc1cnc[nH]1)C1CCOc2ccccc2C1. The zero-order valence-electron chi connectivity index (χ0n) is 11.8. The van der Waals surface area contributed by atoms with Crippen LogP contribution in [0.4, 0.5) is 0 Å². The van der Waals surface area contributed by atoms with Gasteiger partial charge in [-0.2, -0.15) is 0 Å². The lowest BCUT2D eigenvalue weighted by Gasteiger charge is -2.13. The highest BCUT2D eigenvalue weighted by atomic mass is 16.5. The Labute approximate surface area is 123 Å². The highest BCUT2D eigenvalue weighted by Crippen LogP contribution is 2.26. The van der Waals surface area contributed by atoms with E-state index in [1.165, 1.54) is 0 Å². The van der Waals surface area contributed by atoms with Gasteiger partial charge in [0.1, 0.15) is 5.75 Å². The van der Waals surface area contributed by atoms with Crippen molar-refractivity contribution < 1.29 is 9.53 Å². The molecule has 5 nitrogen and oxygen atoms in total. The summed E-state index contributed by atoms with van der Waals surface area (Å²) in [5.74, 6) is 0.996. The van der Waals surface area contributed by atoms with Crippen LogP contribution < -0.4 is 10.1 Å². The largest absolute Gasteiger partial charge is 0.493 e. The average molecular weight is 285 g/mol. The van der Waals surface area contributed by atoms with E-state index in [4.69, 9.17) is 4.74 Å². The summed E-state index contributed by atoms with van der Waals surface area (Å²) in [7, 11) is 0. The molecule has 1 atom stereocenters. The zero-order chi connectivity index (χ0) is 14.5. The Morgan fingerprint density at radius 3 is 3.19 bits per heavy atom. The van der Waals surface area contributed by atoms with E-state index in [1.807, 2.05) is 24.3 Å². The van der Waals surface area contributed by atoms with Crippen molar-refractivity contribution in [2.24, 2.45) is 5.92 Å². The van der Waals surface area contributed by atoms with E-state index in [-0.39, 0.29) is 11.8 Å². The zero-order valence-corrected chi connectivity index (χ0v) is 11.8. The average Bonchev–Trinajstić information content (AvgIpc) is 2.91. The van der Waals surface area contributed by atoms with Crippen molar-refractivity contribution in [3.8, 4) is 5.75 Å². The van der Waals surface area contributed by atoms with Gasteiger partial charge in [-0.05, 0) is 24.5 Å². The number of aromatic nitrogens is 2. The van der Waals surface area contributed by atoms with E-state index < -0.39 is 0 Å². The van der Waals surface area contributed by atoms with Crippen LogP contribution in [0.2, 0.25) is 0 Å². The number of para-hydroxylation sites is 1. The number of carbonyl (C=O) groups excluding carboxylic acids is 1. The van der Waals surface area contributed by atoms with E-state index in [0.717, 1.165) is 36.3 Å². The highest BCUT2D eigenvalue weighted by molar-refractivity contribution is 5.79. The summed E-state index contributed by atoms with van der Waals surface area (Å²) in [6.07, 6.45) is 5.70. The van der Waals surface area contributed by atoms with Crippen LogP contribution in [0, 0.1) is 5.92 Å². The summed E-state index contributed by atoms with van der Waals surface area (Å²) >= 11 is 0. The summed E-state index contributed by atoms with van der Waals surface area (Å²) in [6.45, 7) is 1.22. The van der Waals surface area contributed by atoms with Gasteiger partial charge in [0, 0.05) is 30.8 Å². The number of H-pyrrole nitrogens is 1. The molecule has 1 aliphatic heterocycles. The highest BCUT2D eigenvalue weighted by Gasteiger charge is 2.23. The minimum Gasteiger partial charge on any atom is -0.493 e. The molecule has 1 aliphatic rings. The molecule has 2 heterocycles. The molecule has 0 spiro atoms. The van der Waals surface area contributed by atoms with Crippen LogP contribution >= 0.6 is 0 Å². The topological polar surface area (TPSA) is 67.0 Å². The van der Waals surface area contributed by atoms with Gasteiger partial charge in [-0.15, -0.1) is 0 Å². The Morgan fingerprint density at radius 1 is 1.43 bits per heavy atom. The van der Waals surface area contributed by atoms with Crippen LogP contribution in [0.5, 0.6) is 5.75 Å². The van der Waals surface area contributed by atoms with E-state index in [2.05, 4.69) is 15.3 Å². The van der Waals surface area contributed by atoms with Crippen LogP contribution in [0.1, 0.15) is 17.7 Å². The van der Waals surface area contributed by atoms with E-state index in [0.29, 0.717) is 13.2 Å². The molecule has 0 radical (unpaired) electrons. The third-order valence-corrected chi connectivity index (χ3v) is 3.78. The summed E-state index contributed by atoms with van der Waals surface area (Å²) in [6, 6.07) is 7.95. The van der Waals surface area contributed by atoms with Gasteiger partial charge in [-0.3, -0.25) is 4.79 Å². The van der Waals surface area contributed by atoms with E-state index in [1.54, 1.807) is 12.5 Å². The quantitative estimate of drug-likeness (QED) is 0.898. The standard InChI is InChI=1S/C16H19N3O2/c20-16(18-7-5-14-10-17-11-19-14)13-6-8-21-15-4-2-1-3-12(15)9-13/h1-4,10-11,13H,5-9H2,(H,17,19)(H,18,20). The maximum atomic E-state index is 12.3. The lowest BCUT2D eigenvalue weighted by atomic mass is 9.96. The van der Waals surface area contributed by atoms with Gasteiger partial charge in [0.05, 0.1) is 12.9 Å². The second kappa shape index (κ2) is 6.43. The molecule has 110 valence electrons. The molecule has 3 rings (SSSR count). The van der Waals surface area contributed by atoms with Gasteiger partial charge in [0.25, 0.3) is 0 Å². The number of nitrogens with zero attached hydrogens (tertiary/aromatic N) is 1. The van der Waals surface area contributed by atoms with Crippen molar-refractivity contribution in [1.82, 2.24) is 15.3 Å². The van der Waals surface area contributed by atoms with Crippen LogP contribution in [-0.2, 0) is 17.6 Å². The fourth-order valence-corrected chi connectivity index (χ4v) is 2.60.